The molecule has 0 fully saturated rings. The summed E-state index contributed by atoms with van der Waals surface area (Å²) in [5, 5.41) is 9.94. The molecule has 1 atom stereocenters. The van der Waals surface area contributed by atoms with Gasteiger partial charge in [0.25, 0.3) is 10.1 Å². The smallest absolute Gasteiger partial charge is 0.285 e. The number of aliphatic hydroxyl groups excluding tert-OH is 1. The molecule has 0 aromatic heterocycles. The van der Waals surface area contributed by atoms with Crippen molar-refractivity contribution in [2.45, 2.75) is 5.37 Å². The number of aliphatic hydroxyl groups is 1. The van der Waals surface area contributed by atoms with Crippen molar-refractivity contribution in [3.05, 3.63) is 35.9 Å². The Morgan fingerprint density at radius 3 is 2.33 bits per heavy atom. The lowest BCUT2D eigenvalue weighted by Crippen LogP contribution is -2.30. The van der Waals surface area contributed by atoms with Gasteiger partial charge in [-0.2, -0.15) is 8.42 Å². The lowest BCUT2D eigenvalue weighted by atomic mass is 10.2. The summed E-state index contributed by atoms with van der Waals surface area (Å²) in [5.41, 5.74) is 0.438. The number of hydrogen-bond donors (Lipinski definition) is 3. The maximum atomic E-state index is 11.0. The van der Waals surface area contributed by atoms with Crippen molar-refractivity contribution < 1.29 is 18.1 Å². The molecule has 0 bridgehead atoms. The summed E-state index contributed by atoms with van der Waals surface area (Å²) in [5.74, 6) is 0. The van der Waals surface area contributed by atoms with Gasteiger partial charge in [-0.15, -0.1) is 0 Å². The summed E-state index contributed by atoms with van der Waals surface area (Å²) < 4.78 is 31.1. The third kappa shape index (κ3) is 3.60. The van der Waals surface area contributed by atoms with Gasteiger partial charge in [-0.1, -0.05) is 30.3 Å². The van der Waals surface area contributed by atoms with Crippen LogP contribution in [0.4, 0.5) is 0 Å². The summed E-state index contributed by atoms with van der Waals surface area (Å²) in [7, 11) is -4.21. The van der Waals surface area contributed by atoms with Crippen molar-refractivity contribution in [3.8, 4) is 0 Å². The largest absolute Gasteiger partial charge is 0.395 e. The van der Waals surface area contributed by atoms with E-state index >= 15 is 0 Å². The van der Waals surface area contributed by atoms with Crippen molar-refractivity contribution in [3.63, 3.8) is 0 Å². The first-order valence-corrected chi connectivity index (χ1v) is 5.91. The summed E-state index contributed by atoms with van der Waals surface area (Å²) in [6.07, 6.45) is 0. The Bertz CT molecular complexity index is 390. The molecule has 1 aromatic rings. The van der Waals surface area contributed by atoms with E-state index in [1.54, 1.807) is 30.3 Å². The first kappa shape index (κ1) is 12.1. The maximum Gasteiger partial charge on any atom is 0.285 e. The predicted molar refractivity (Wildman–Crippen MR) is 55.8 cm³/mol. The van der Waals surface area contributed by atoms with E-state index in [2.05, 4.69) is 5.32 Å². The number of nitrogens with one attached hydrogen (secondary N) is 1. The topological polar surface area (TPSA) is 86.6 Å². The van der Waals surface area contributed by atoms with Crippen LogP contribution in [0.3, 0.4) is 0 Å². The molecule has 0 saturated carbocycles. The Morgan fingerprint density at radius 1 is 1.27 bits per heavy atom. The van der Waals surface area contributed by atoms with E-state index in [1.807, 2.05) is 0 Å². The molecule has 1 rings (SSSR count). The third-order valence-corrected chi connectivity index (χ3v) is 2.88. The van der Waals surface area contributed by atoms with Gasteiger partial charge in [0.15, 0.2) is 5.37 Å². The van der Waals surface area contributed by atoms with Gasteiger partial charge in [-0.05, 0) is 5.56 Å². The average molecular weight is 231 g/mol. The molecule has 0 aliphatic heterocycles. The second kappa shape index (κ2) is 5.22. The zero-order chi connectivity index (χ0) is 11.3. The van der Waals surface area contributed by atoms with Crippen LogP contribution in [0.5, 0.6) is 0 Å². The third-order valence-electron chi connectivity index (χ3n) is 1.84. The quantitative estimate of drug-likeness (QED) is 0.628. The SMILES string of the molecule is O=S(=O)(O)C(NCCO)c1ccccc1. The van der Waals surface area contributed by atoms with Gasteiger partial charge in [0, 0.05) is 6.54 Å². The van der Waals surface area contributed by atoms with E-state index in [-0.39, 0.29) is 13.2 Å². The van der Waals surface area contributed by atoms with E-state index in [9.17, 15) is 8.42 Å². The second-order valence-corrected chi connectivity index (χ2v) is 4.48. The van der Waals surface area contributed by atoms with Gasteiger partial charge in [-0.3, -0.25) is 9.87 Å². The molecule has 0 aliphatic carbocycles. The maximum absolute atomic E-state index is 11.0. The minimum atomic E-state index is -4.21. The van der Waals surface area contributed by atoms with Gasteiger partial charge in [0.05, 0.1) is 6.61 Å². The Morgan fingerprint density at radius 2 is 1.87 bits per heavy atom. The average Bonchev–Trinajstić information content (AvgIpc) is 2.18. The fourth-order valence-corrected chi connectivity index (χ4v) is 2.05. The minimum Gasteiger partial charge on any atom is -0.395 e. The first-order chi connectivity index (χ1) is 7.05. The highest BCUT2D eigenvalue weighted by Gasteiger charge is 2.23. The molecule has 0 amide bonds. The molecule has 1 unspecified atom stereocenters. The molecule has 84 valence electrons. The first-order valence-electron chi connectivity index (χ1n) is 4.41. The monoisotopic (exact) mass is 231 g/mol. The van der Waals surface area contributed by atoms with E-state index < -0.39 is 15.5 Å². The molecular formula is C9H13NO4S. The molecule has 15 heavy (non-hydrogen) atoms. The van der Waals surface area contributed by atoms with Crippen LogP contribution in [0.25, 0.3) is 0 Å². The van der Waals surface area contributed by atoms with E-state index in [0.717, 1.165) is 0 Å². The van der Waals surface area contributed by atoms with Crippen LogP contribution in [0.1, 0.15) is 10.9 Å². The Kier molecular flexibility index (Phi) is 4.22. The van der Waals surface area contributed by atoms with Crippen molar-refractivity contribution in [2.75, 3.05) is 13.2 Å². The van der Waals surface area contributed by atoms with Crippen LogP contribution >= 0.6 is 0 Å². The van der Waals surface area contributed by atoms with Gasteiger partial charge in [0.2, 0.25) is 0 Å². The van der Waals surface area contributed by atoms with E-state index in [1.165, 1.54) is 0 Å². The van der Waals surface area contributed by atoms with Crippen LogP contribution in [0.15, 0.2) is 30.3 Å². The van der Waals surface area contributed by atoms with Crippen LogP contribution < -0.4 is 5.32 Å². The lowest BCUT2D eigenvalue weighted by Gasteiger charge is -2.15. The Labute approximate surface area is 88.5 Å². The molecule has 0 heterocycles. The Hall–Kier alpha value is -0.950. The number of benzene rings is 1. The molecule has 1 aromatic carbocycles. The van der Waals surface area contributed by atoms with Crippen LogP contribution in [-0.4, -0.2) is 31.2 Å². The van der Waals surface area contributed by atoms with Crippen molar-refractivity contribution >= 4 is 10.1 Å². The van der Waals surface area contributed by atoms with Gasteiger partial charge >= 0.3 is 0 Å². The molecular weight excluding hydrogens is 218 g/mol. The van der Waals surface area contributed by atoms with Crippen molar-refractivity contribution in [2.24, 2.45) is 0 Å². The van der Waals surface area contributed by atoms with Crippen molar-refractivity contribution in [1.82, 2.24) is 5.32 Å². The highest BCUT2D eigenvalue weighted by Crippen LogP contribution is 2.17. The minimum absolute atomic E-state index is 0.0966. The van der Waals surface area contributed by atoms with Crippen molar-refractivity contribution in [1.29, 1.82) is 0 Å². The summed E-state index contributed by atoms with van der Waals surface area (Å²) in [6, 6.07) is 8.27. The molecule has 0 spiro atoms. The van der Waals surface area contributed by atoms with Crippen LogP contribution in [-0.2, 0) is 10.1 Å². The summed E-state index contributed by atoms with van der Waals surface area (Å²) in [4.78, 5) is 0. The molecule has 3 N–H and O–H groups in total. The summed E-state index contributed by atoms with van der Waals surface area (Å²) >= 11 is 0. The molecule has 0 radical (unpaired) electrons. The summed E-state index contributed by atoms with van der Waals surface area (Å²) in [6.45, 7) is -0.0990. The zero-order valence-electron chi connectivity index (χ0n) is 8.00. The fraction of sp³-hybridized carbons (Fsp3) is 0.333. The highest BCUT2D eigenvalue weighted by atomic mass is 32.2. The normalized spacial score (nSPS) is 13.7. The van der Waals surface area contributed by atoms with E-state index in [0.29, 0.717) is 5.56 Å². The van der Waals surface area contributed by atoms with Gasteiger partial charge in [-0.25, -0.2) is 0 Å². The molecule has 5 nitrogen and oxygen atoms in total. The Balaban J connectivity index is 2.92. The van der Waals surface area contributed by atoms with Gasteiger partial charge in [0.1, 0.15) is 0 Å². The standard InChI is InChI=1S/C9H13NO4S/c11-7-6-10-9(15(12,13)14)8-4-2-1-3-5-8/h1-5,9-11H,6-7H2,(H,12,13,14). The fourth-order valence-electron chi connectivity index (χ4n) is 1.22. The van der Waals surface area contributed by atoms with Gasteiger partial charge < -0.3 is 5.11 Å². The predicted octanol–water partition coefficient (Wildman–Crippen LogP) is 0.155. The van der Waals surface area contributed by atoms with Crippen LogP contribution in [0.2, 0.25) is 0 Å². The second-order valence-electron chi connectivity index (χ2n) is 2.98. The molecule has 0 saturated heterocycles. The number of hydrogen-bond acceptors (Lipinski definition) is 4. The lowest BCUT2D eigenvalue weighted by molar-refractivity contribution is 0.289. The van der Waals surface area contributed by atoms with E-state index in [4.69, 9.17) is 9.66 Å². The van der Waals surface area contributed by atoms with Crippen LogP contribution in [0, 0.1) is 0 Å². The molecule has 0 aliphatic rings. The number of rotatable bonds is 5. The molecule has 6 heteroatoms. The zero-order valence-corrected chi connectivity index (χ0v) is 8.81. The highest BCUT2D eigenvalue weighted by molar-refractivity contribution is 7.86.